The van der Waals surface area contributed by atoms with E-state index < -0.39 is 16.0 Å². The van der Waals surface area contributed by atoms with Gasteiger partial charge in [0.2, 0.25) is 10.0 Å². The molecule has 0 spiro atoms. The van der Waals surface area contributed by atoms with E-state index >= 15 is 0 Å². The summed E-state index contributed by atoms with van der Waals surface area (Å²) in [5, 5.41) is 8.21. The van der Waals surface area contributed by atoms with E-state index in [0.29, 0.717) is 0 Å². The van der Waals surface area contributed by atoms with Gasteiger partial charge in [-0.2, -0.15) is 0 Å². The minimum absolute atomic E-state index is 0.148. The van der Waals surface area contributed by atoms with Gasteiger partial charge in [0, 0.05) is 12.7 Å². The fourth-order valence-electron chi connectivity index (χ4n) is 0.942. The number of halogens is 1. The highest BCUT2D eigenvalue weighted by atomic mass is 35.5. The molecule has 0 saturated heterocycles. The molecule has 88 valence electrons. The number of carbonyl (C=O) groups is 1. The molecule has 2 N–H and O–H groups in total. The van der Waals surface area contributed by atoms with Crippen molar-refractivity contribution in [1.29, 1.82) is 0 Å². The molecular formula is C8H9ClN2O4S. The van der Waals surface area contributed by atoms with Crippen LogP contribution in [-0.4, -0.2) is 31.0 Å². The number of carboxylic acids is 1. The molecule has 0 aliphatic rings. The first-order valence-corrected chi connectivity index (χ1v) is 6.11. The monoisotopic (exact) mass is 264 g/mol. The first kappa shape index (κ1) is 12.9. The Morgan fingerprint density at radius 3 is 2.81 bits per heavy atom. The highest BCUT2D eigenvalue weighted by molar-refractivity contribution is 7.89. The third-order valence-electron chi connectivity index (χ3n) is 1.65. The second-order valence-corrected chi connectivity index (χ2v) is 4.93. The van der Waals surface area contributed by atoms with Crippen molar-refractivity contribution in [3.8, 4) is 0 Å². The topological polar surface area (TPSA) is 96.4 Å². The van der Waals surface area contributed by atoms with Gasteiger partial charge < -0.3 is 5.11 Å². The lowest BCUT2D eigenvalue weighted by Crippen LogP contribution is -2.26. The average molecular weight is 265 g/mol. The maximum Gasteiger partial charge on any atom is 0.304 e. The van der Waals surface area contributed by atoms with E-state index in [9.17, 15) is 13.2 Å². The number of aromatic nitrogens is 1. The summed E-state index contributed by atoms with van der Waals surface area (Å²) in [5.74, 6) is -1.08. The molecule has 0 radical (unpaired) electrons. The summed E-state index contributed by atoms with van der Waals surface area (Å²) in [6, 6.07) is 2.72. The molecule has 0 atom stereocenters. The van der Waals surface area contributed by atoms with Crippen molar-refractivity contribution >= 4 is 27.6 Å². The standard InChI is InChI=1S/C8H9ClN2O4S/c9-8-6(2-1-4-10-8)16(14,15)11-5-3-7(12)13/h1-2,4,11H,3,5H2,(H,12,13). The van der Waals surface area contributed by atoms with Crippen molar-refractivity contribution < 1.29 is 18.3 Å². The molecule has 0 aromatic carbocycles. The van der Waals surface area contributed by atoms with Crippen LogP contribution in [0.4, 0.5) is 0 Å². The van der Waals surface area contributed by atoms with Gasteiger partial charge in [-0.3, -0.25) is 4.79 Å². The highest BCUT2D eigenvalue weighted by Crippen LogP contribution is 2.17. The summed E-state index contributed by atoms with van der Waals surface area (Å²) in [4.78, 5) is 13.7. The fraction of sp³-hybridized carbons (Fsp3) is 0.250. The van der Waals surface area contributed by atoms with Gasteiger partial charge in [-0.25, -0.2) is 18.1 Å². The van der Waals surface area contributed by atoms with Gasteiger partial charge in [0.05, 0.1) is 6.42 Å². The number of pyridine rings is 1. The van der Waals surface area contributed by atoms with E-state index in [1.807, 2.05) is 0 Å². The van der Waals surface area contributed by atoms with Crippen LogP contribution in [0.15, 0.2) is 23.2 Å². The lowest BCUT2D eigenvalue weighted by molar-refractivity contribution is -0.136. The largest absolute Gasteiger partial charge is 0.481 e. The van der Waals surface area contributed by atoms with Crippen LogP contribution in [0.5, 0.6) is 0 Å². The molecule has 0 unspecified atom stereocenters. The number of hydrogen-bond donors (Lipinski definition) is 2. The van der Waals surface area contributed by atoms with Crippen molar-refractivity contribution in [1.82, 2.24) is 9.71 Å². The fourth-order valence-corrected chi connectivity index (χ4v) is 2.42. The Balaban J connectivity index is 2.79. The number of nitrogens with one attached hydrogen (secondary N) is 1. The predicted molar refractivity (Wildman–Crippen MR) is 56.7 cm³/mol. The molecule has 0 bridgehead atoms. The van der Waals surface area contributed by atoms with Gasteiger partial charge in [0.25, 0.3) is 0 Å². The number of rotatable bonds is 5. The minimum atomic E-state index is -3.79. The highest BCUT2D eigenvalue weighted by Gasteiger charge is 2.17. The van der Waals surface area contributed by atoms with E-state index in [2.05, 4.69) is 9.71 Å². The van der Waals surface area contributed by atoms with Crippen molar-refractivity contribution in [2.75, 3.05) is 6.54 Å². The molecule has 0 fully saturated rings. The zero-order chi connectivity index (χ0) is 12.2. The van der Waals surface area contributed by atoms with Gasteiger partial charge in [0.15, 0.2) is 0 Å². The minimum Gasteiger partial charge on any atom is -0.481 e. The maximum absolute atomic E-state index is 11.6. The van der Waals surface area contributed by atoms with Crippen LogP contribution in [-0.2, 0) is 14.8 Å². The Kier molecular flexibility index (Phi) is 4.22. The van der Waals surface area contributed by atoms with Crippen LogP contribution in [0, 0.1) is 0 Å². The smallest absolute Gasteiger partial charge is 0.304 e. The maximum atomic E-state index is 11.6. The van der Waals surface area contributed by atoms with E-state index in [-0.39, 0.29) is 23.0 Å². The Hall–Kier alpha value is -1.18. The summed E-state index contributed by atoms with van der Waals surface area (Å²) in [6.45, 7) is -0.192. The summed E-state index contributed by atoms with van der Waals surface area (Å²) in [5.41, 5.74) is 0. The Morgan fingerprint density at radius 1 is 1.56 bits per heavy atom. The molecule has 0 aliphatic heterocycles. The molecule has 1 rings (SSSR count). The second-order valence-electron chi connectivity index (χ2n) is 2.83. The molecule has 1 aromatic heterocycles. The quantitative estimate of drug-likeness (QED) is 0.755. The summed E-state index contributed by atoms with van der Waals surface area (Å²) in [7, 11) is -3.79. The third kappa shape index (κ3) is 3.44. The molecular weight excluding hydrogens is 256 g/mol. The number of hydrogen-bond acceptors (Lipinski definition) is 4. The van der Waals surface area contributed by atoms with Gasteiger partial charge in [-0.05, 0) is 12.1 Å². The van der Waals surface area contributed by atoms with Crippen LogP contribution in [0.3, 0.4) is 0 Å². The van der Waals surface area contributed by atoms with Crippen molar-refractivity contribution in [3.05, 3.63) is 23.5 Å². The Morgan fingerprint density at radius 2 is 2.25 bits per heavy atom. The van der Waals surface area contributed by atoms with Crippen LogP contribution < -0.4 is 4.72 Å². The first-order chi connectivity index (χ1) is 7.43. The van der Waals surface area contributed by atoms with Crippen LogP contribution in [0.1, 0.15) is 6.42 Å². The molecule has 1 aromatic rings. The first-order valence-electron chi connectivity index (χ1n) is 4.25. The molecule has 6 nitrogen and oxygen atoms in total. The van der Waals surface area contributed by atoms with Crippen molar-refractivity contribution in [2.45, 2.75) is 11.3 Å². The Bertz CT molecular complexity index is 489. The molecule has 0 amide bonds. The number of sulfonamides is 1. The zero-order valence-electron chi connectivity index (χ0n) is 8.05. The number of nitrogens with zero attached hydrogens (tertiary/aromatic N) is 1. The average Bonchev–Trinajstić information content (AvgIpc) is 2.17. The zero-order valence-corrected chi connectivity index (χ0v) is 9.62. The van der Waals surface area contributed by atoms with Gasteiger partial charge in [-0.15, -0.1) is 0 Å². The normalized spacial score (nSPS) is 11.3. The molecule has 16 heavy (non-hydrogen) atoms. The summed E-state index contributed by atoms with van der Waals surface area (Å²) < 4.78 is 25.3. The van der Waals surface area contributed by atoms with Crippen LogP contribution in [0.2, 0.25) is 5.15 Å². The SMILES string of the molecule is O=C(O)CCNS(=O)(=O)c1cccnc1Cl. The third-order valence-corrected chi connectivity index (χ3v) is 3.55. The van der Waals surface area contributed by atoms with E-state index in [0.717, 1.165) is 0 Å². The lowest BCUT2D eigenvalue weighted by Gasteiger charge is -2.05. The number of aliphatic carboxylic acids is 1. The number of carboxylic acid groups (broad SMARTS) is 1. The van der Waals surface area contributed by atoms with Crippen molar-refractivity contribution in [2.24, 2.45) is 0 Å². The van der Waals surface area contributed by atoms with Crippen LogP contribution in [0.25, 0.3) is 0 Å². The van der Waals surface area contributed by atoms with E-state index in [1.165, 1.54) is 18.3 Å². The molecule has 8 heteroatoms. The van der Waals surface area contributed by atoms with Gasteiger partial charge in [0.1, 0.15) is 10.0 Å². The second kappa shape index (κ2) is 5.24. The summed E-state index contributed by atoms with van der Waals surface area (Å²) >= 11 is 5.60. The van der Waals surface area contributed by atoms with Gasteiger partial charge >= 0.3 is 5.97 Å². The van der Waals surface area contributed by atoms with E-state index in [4.69, 9.17) is 16.7 Å². The molecule has 0 saturated carbocycles. The molecule has 1 heterocycles. The van der Waals surface area contributed by atoms with Crippen LogP contribution >= 0.6 is 11.6 Å². The summed E-state index contributed by atoms with van der Waals surface area (Å²) in [6.07, 6.45) is 1.07. The molecule has 0 aliphatic carbocycles. The van der Waals surface area contributed by atoms with Gasteiger partial charge in [-0.1, -0.05) is 11.6 Å². The lowest BCUT2D eigenvalue weighted by atomic mass is 10.5. The Labute approximate surface area is 97.3 Å². The van der Waals surface area contributed by atoms with E-state index in [1.54, 1.807) is 0 Å². The van der Waals surface area contributed by atoms with Crippen molar-refractivity contribution in [3.63, 3.8) is 0 Å². The predicted octanol–water partition coefficient (Wildman–Crippen LogP) is 0.488.